The van der Waals surface area contributed by atoms with E-state index in [1.807, 2.05) is 26.3 Å². The fourth-order valence-corrected chi connectivity index (χ4v) is 3.67. The van der Waals surface area contributed by atoms with Gasteiger partial charge in [0.1, 0.15) is 18.5 Å². The Labute approximate surface area is 195 Å². The molecule has 3 nitrogen and oxygen atoms in total. The third-order valence-electron chi connectivity index (χ3n) is 5.50. The molecule has 0 amide bonds. The predicted molar refractivity (Wildman–Crippen MR) is 138 cm³/mol. The van der Waals surface area contributed by atoms with E-state index in [4.69, 9.17) is 4.74 Å². The first-order valence-electron chi connectivity index (χ1n) is 11.3. The SMILES string of the molecule is C=C(OCC(C)F)C1=C(/C=C\C)CN(C/C(C)=C(C)/C=C(\CC)C(/C=N\C)=C(C)C)C1=C. The molecular weight excluding hydrogens is 399 g/mol. The van der Waals surface area contributed by atoms with Crippen LogP contribution in [0.1, 0.15) is 54.9 Å². The molecule has 0 spiro atoms. The smallest absolute Gasteiger partial charge is 0.131 e. The van der Waals surface area contributed by atoms with Gasteiger partial charge in [0.2, 0.25) is 0 Å². The Bertz CT molecular complexity index is 890. The van der Waals surface area contributed by atoms with Crippen LogP contribution in [0.15, 0.2) is 86.8 Å². The van der Waals surface area contributed by atoms with Crippen LogP contribution < -0.4 is 0 Å². The number of hydrogen-bond acceptors (Lipinski definition) is 3. The van der Waals surface area contributed by atoms with E-state index in [1.165, 1.54) is 34.8 Å². The zero-order valence-corrected chi connectivity index (χ0v) is 21.3. The number of halogens is 1. The Hall–Kier alpha value is -2.62. The maximum absolute atomic E-state index is 13.3. The molecule has 1 rings (SSSR count). The minimum atomic E-state index is -1.04. The first-order chi connectivity index (χ1) is 15.1. The van der Waals surface area contributed by atoms with Crippen LogP contribution in [-0.4, -0.2) is 44.0 Å². The van der Waals surface area contributed by atoms with Crippen molar-refractivity contribution in [1.29, 1.82) is 0 Å². The number of aliphatic imine (C=N–C) groups is 1. The highest BCUT2D eigenvalue weighted by atomic mass is 19.1. The number of ether oxygens (including phenoxy) is 1. The van der Waals surface area contributed by atoms with Crippen molar-refractivity contribution in [2.75, 3.05) is 26.7 Å². The molecule has 0 saturated heterocycles. The first-order valence-corrected chi connectivity index (χ1v) is 11.3. The summed E-state index contributed by atoms with van der Waals surface area (Å²) in [4.78, 5) is 6.46. The molecule has 1 heterocycles. The van der Waals surface area contributed by atoms with Gasteiger partial charge in [-0.2, -0.15) is 0 Å². The molecule has 1 atom stereocenters. The van der Waals surface area contributed by atoms with Crippen molar-refractivity contribution in [2.45, 2.75) is 61.1 Å². The molecule has 0 bridgehead atoms. The van der Waals surface area contributed by atoms with E-state index in [0.29, 0.717) is 5.76 Å². The second kappa shape index (κ2) is 13.0. The van der Waals surface area contributed by atoms with Crippen LogP contribution in [0.5, 0.6) is 0 Å². The van der Waals surface area contributed by atoms with Gasteiger partial charge in [0.15, 0.2) is 0 Å². The summed E-state index contributed by atoms with van der Waals surface area (Å²) in [7, 11) is 1.81. The molecule has 0 N–H and O–H groups in total. The Kier molecular flexibility index (Phi) is 11.2. The maximum atomic E-state index is 13.3. The Morgan fingerprint density at radius 2 is 1.94 bits per heavy atom. The molecule has 0 radical (unpaired) electrons. The number of rotatable bonds is 11. The van der Waals surface area contributed by atoms with Crippen LogP contribution >= 0.6 is 0 Å². The normalized spacial score (nSPS) is 16.8. The lowest BCUT2D eigenvalue weighted by molar-refractivity contribution is 0.150. The second-order valence-corrected chi connectivity index (χ2v) is 8.51. The summed E-state index contributed by atoms with van der Waals surface area (Å²) in [5.74, 6) is 0.480. The highest BCUT2D eigenvalue weighted by molar-refractivity contribution is 5.85. The number of alkyl halides is 1. The van der Waals surface area contributed by atoms with Gasteiger partial charge >= 0.3 is 0 Å². The maximum Gasteiger partial charge on any atom is 0.131 e. The summed E-state index contributed by atoms with van der Waals surface area (Å²) in [6, 6.07) is 0. The predicted octanol–water partition coefficient (Wildman–Crippen LogP) is 7.29. The van der Waals surface area contributed by atoms with Crippen molar-refractivity contribution in [3.8, 4) is 0 Å². The van der Waals surface area contributed by atoms with Crippen LogP contribution in [0.25, 0.3) is 0 Å². The van der Waals surface area contributed by atoms with Gasteiger partial charge in [-0.3, -0.25) is 4.99 Å². The van der Waals surface area contributed by atoms with Crippen LogP contribution in [0, 0.1) is 0 Å². The average molecular weight is 441 g/mol. The van der Waals surface area contributed by atoms with Crippen molar-refractivity contribution in [2.24, 2.45) is 4.99 Å². The van der Waals surface area contributed by atoms with Crippen molar-refractivity contribution in [1.82, 2.24) is 4.90 Å². The van der Waals surface area contributed by atoms with Gasteiger partial charge in [-0.1, -0.05) is 55.0 Å². The standard InChI is InChI=1S/C28H41FN2O/c1-11-13-26-17-31(23(8)28(26)24(9)32-18-22(7)29)16-21(6)20(5)14-25(12-2)27(15-30-10)19(3)4/h11,13-15,22H,8-9,12,16-18H2,1-7,10H3/b13-11-,21-20+,25-14+,30-15-. The highest BCUT2D eigenvalue weighted by Gasteiger charge is 2.27. The third-order valence-corrected chi connectivity index (χ3v) is 5.50. The summed E-state index contributed by atoms with van der Waals surface area (Å²) >= 11 is 0. The molecule has 0 aromatic heterocycles. The number of allylic oxidation sites excluding steroid dienone is 6. The third kappa shape index (κ3) is 7.51. The molecule has 4 heteroatoms. The molecular formula is C28H41FN2O. The summed E-state index contributed by atoms with van der Waals surface area (Å²) in [6.07, 6.45) is 8.16. The fraction of sp³-hybridized carbons (Fsp3) is 0.464. The molecule has 1 unspecified atom stereocenters. The van der Waals surface area contributed by atoms with Crippen molar-refractivity contribution < 1.29 is 9.13 Å². The molecule has 32 heavy (non-hydrogen) atoms. The summed E-state index contributed by atoms with van der Waals surface area (Å²) in [5.41, 5.74) is 9.08. The van der Waals surface area contributed by atoms with Gasteiger partial charge in [-0.15, -0.1) is 0 Å². The van der Waals surface area contributed by atoms with E-state index in [2.05, 4.69) is 69.8 Å². The van der Waals surface area contributed by atoms with Gasteiger partial charge in [-0.05, 0) is 64.7 Å². The second-order valence-electron chi connectivity index (χ2n) is 8.51. The van der Waals surface area contributed by atoms with Gasteiger partial charge in [0, 0.05) is 37.6 Å². The van der Waals surface area contributed by atoms with Gasteiger partial charge < -0.3 is 9.64 Å². The molecule has 0 aliphatic carbocycles. The molecule has 1 aliphatic rings. The highest BCUT2D eigenvalue weighted by Crippen LogP contribution is 2.34. The Morgan fingerprint density at radius 3 is 2.44 bits per heavy atom. The number of nitrogens with zero attached hydrogens (tertiary/aromatic N) is 2. The van der Waals surface area contributed by atoms with Crippen LogP contribution in [0.2, 0.25) is 0 Å². The lowest BCUT2D eigenvalue weighted by Gasteiger charge is -2.23. The molecule has 1 aliphatic heterocycles. The van der Waals surface area contributed by atoms with E-state index in [1.54, 1.807) is 0 Å². The van der Waals surface area contributed by atoms with E-state index in [0.717, 1.165) is 36.4 Å². The fourth-order valence-electron chi connectivity index (χ4n) is 3.67. The van der Waals surface area contributed by atoms with Crippen molar-refractivity contribution >= 4 is 6.21 Å². The molecule has 0 aromatic carbocycles. The lowest BCUT2D eigenvalue weighted by atomic mass is 9.96. The summed E-state index contributed by atoms with van der Waals surface area (Å²) in [6.45, 7) is 24.0. The van der Waals surface area contributed by atoms with E-state index < -0.39 is 6.17 Å². The summed E-state index contributed by atoms with van der Waals surface area (Å²) in [5, 5.41) is 0. The van der Waals surface area contributed by atoms with Gasteiger partial charge in [0.25, 0.3) is 0 Å². The van der Waals surface area contributed by atoms with E-state index in [-0.39, 0.29) is 6.61 Å². The number of hydrogen-bond donors (Lipinski definition) is 0. The summed E-state index contributed by atoms with van der Waals surface area (Å²) < 4.78 is 18.9. The molecule has 0 saturated carbocycles. The quantitative estimate of drug-likeness (QED) is 0.191. The molecule has 176 valence electrons. The average Bonchev–Trinajstić information content (AvgIpc) is 3.03. The minimum Gasteiger partial charge on any atom is -0.490 e. The van der Waals surface area contributed by atoms with Crippen LogP contribution in [0.3, 0.4) is 0 Å². The lowest BCUT2D eigenvalue weighted by Crippen LogP contribution is -2.22. The Balaban J connectivity index is 3.16. The van der Waals surface area contributed by atoms with Crippen LogP contribution in [-0.2, 0) is 4.74 Å². The van der Waals surface area contributed by atoms with Crippen LogP contribution in [0.4, 0.5) is 4.39 Å². The largest absolute Gasteiger partial charge is 0.490 e. The van der Waals surface area contributed by atoms with E-state index >= 15 is 0 Å². The Morgan fingerprint density at radius 1 is 1.28 bits per heavy atom. The topological polar surface area (TPSA) is 24.8 Å². The van der Waals surface area contributed by atoms with Gasteiger partial charge in [0.05, 0.1) is 0 Å². The van der Waals surface area contributed by atoms with Crippen molar-refractivity contribution in [3.05, 3.63) is 81.9 Å². The zero-order valence-electron chi connectivity index (χ0n) is 21.3. The van der Waals surface area contributed by atoms with Crippen molar-refractivity contribution in [3.63, 3.8) is 0 Å². The zero-order chi connectivity index (χ0) is 24.4. The molecule has 0 aromatic rings. The molecule has 0 fully saturated rings. The first kappa shape index (κ1) is 27.4. The van der Waals surface area contributed by atoms with E-state index in [9.17, 15) is 4.39 Å². The minimum absolute atomic E-state index is 0.00484. The monoisotopic (exact) mass is 440 g/mol. The van der Waals surface area contributed by atoms with Gasteiger partial charge in [-0.25, -0.2) is 4.39 Å².